The smallest absolute Gasteiger partial charge is 0.190 e. The number of aromatic hydroxyl groups is 1. The van der Waals surface area contributed by atoms with Crippen LogP contribution in [0.15, 0.2) is 91.6 Å². The van der Waals surface area contributed by atoms with Gasteiger partial charge in [-0.1, -0.05) is 122 Å². The zero-order valence-electron chi connectivity index (χ0n) is 31.8. The van der Waals surface area contributed by atoms with Crippen LogP contribution in [0.2, 0.25) is 0 Å². The summed E-state index contributed by atoms with van der Waals surface area (Å²) < 4.78 is 2.16. The van der Waals surface area contributed by atoms with E-state index in [1.54, 1.807) is 12.1 Å². The second-order valence-corrected chi connectivity index (χ2v) is 16.7. The maximum Gasteiger partial charge on any atom is 0.190 e. The van der Waals surface area contributed by atoms with E-state index in [1.807, 2.05) is 19.2 Å². The quantitative estimate of drug-likeness (QED) is 0.176. The first kappa shape index (κ1) is 38.4. The number of hydrogen-bond donors (Lipinski definition) is 1. The average molecular weight is 867 g/mol. The summed E-state index contributed by atoms with van der Waals surface area (Å²) in [6.45, 7) is 33.7. The number of rotatable bonds is 5. The number of hydrogen-bond acceptors (Lipinski definition) is 3. The van der Waals surface area contributed by atoms with E-state index >= 15 is 0 Å². The summed E-state index contributed by atoms with van der Waals surface area (Å²) in [5, 5.41) is 11.4. The molecule has 6 rings (SSSR count). The molecule has 268 valence electrons. The Labute approximate surface area is 323 Å². The second-order valence-electron chi connectivity index (χ2n) is 16.7. The van der Waals surface area contributed by atoms with Crippen molar-refractivity contribution in [1.82, 2.24) is 14.5 Å². The van der Waals surface area contributed by atoms with Crippen LogP contribution in [-0.2, 0) is 37.3 Å². The average Bonchev–Trinajstić information content (AvgIpc) is 3.46. The van der Waals surface area contributed by atoms with E-state index in [0.29, 0.717) is 17.1 Å². The number of allylic oxidation sites excluding steroid dienone is 1. The fraction of sp³-hybridized carbons (Fsp3) is 0.283. The number of aromatic nitrogens is 3. The molecule has 0 amide bonds. The van der Waals surface area contributed by atoms with Crippen molar-refractivity contribution in [3.63, 3.8) is 0 Å². The maximum atomic E-state index is 11.4. The molecule has 6 aromatic rings. The minimum Gasteiger partial charge on any atom is -0.509 e. The maximum absolute atomic E-state index is 11.4. The van der Waals surface area contributed by atoms with Crippen LogP contribution in [0.25, 0.3) is 60.9 Å². The minimum absolute atomic E-state index is 0. The molecule has 0 aliphatic rings. The number of fused-ring (bicyclic) bond motifs is 1. The first-order chi connectivity index (χ1) is 23.8. The Balaban J connectivity index is 0.00000523. The molecule has 2 heterocycles. The van der Waals surface area contributed by atoms with Crippen molar-refractivity contribution in [1.29, 1.82) is 0 Å². The predicted molar refractivity (Wildman–Crippen MR) is 213 cm³/mol. The molecule has 52 heavy (non-hydrogen) atoms. The van der Waals surface area contributed by atoms with Crippen LogP contribution in [0.1, 0.15) is 91.5 Å². The standard InChI is InChI=1S/C46H47N4O.Pt/c1-28(2)29-18-19-48-39(23-29)31-20-30(21-32(22-31)44(3,4)5)37-14-13-15-40-42(37)49-43(38-17-16-35(47-12)27-41(38)51)50(40)36-25-33(45(6,7)8)24-34(26-36)46(9,10)11;/h13-19,21-27,51H,1H2,2-11H3;/q-1;. The molecule has 0 saturated heterocycles. The van der Waals surface area contributed by atoms with Gasteiger partial charge >= 0.3 is 0 Å². The Morgan fingerprint density at radius 1 is 0.769 bits per heavy atom. The summed E-state index contributed by atoms with van der Waals surface area (Å²) >= 11 is 0. The van der Waals surface area contributed by atoms with Gasteiger partial charge < -0.3 is 5.11 Å². The van der Waals surface area contributed by atoms with E-state index in [9.17, 15) is 5.11 Å². The van der Waals surface area contributed by atoms with Crippen LogP contribution < -0.4 is 0 Å². The van der Waals surface area contributed by atoms with Gasteiger partial charge in [0.25, 0.3) is 0 Å². The van der Waals surface area contributed by atoms with Gasteiger partial charge in [-0.05, 0) is 70.2 Å². The van der Waals surface area contributed by atoms with Crippen molar-refractivity contribution in [3.8, 4) is 45.2 Å². The summed E-state index contributed by atoms with van der Waals surface area (Å²) in [5.74, 6) is 0.608. The molecule has 0 fully saturated rings. The summed E-state index contributed by atoms with van der Waals surface area (Å²) in [6, 6.07) is 30.2. The minimum atomic E-state index is -0.143. The van der Waals surface area contributed by atoms with Gasteiger partial charge in [0.2, 0.25) is 0 Å². The summed E-state index contributed by atoms with van der Waals surface area (Å²) in [6.07, 6.45) is 1.83. The van der Waals surface area contributed by atoms with Gasteiger partial charge in [0.15, 0.2) is 5.69 Å². The zero-order valence-corrected chi connectivity index (χ0v) is 34.1. The van der Waals surface area contributed by atoms with Crippen molar-refractivity contribution < 1.29 is 26.2 Å². The Hall–Kier alpha value is -4.78. The Morgan fingerprint density at radius 3 is 1.96 bits per heavy atom. The van der Waals surface area contributed by atoms with E-state index in [4.69, 9.17) is 16.5 Å². The molecule has 0 spiro atoms. The normalized spacial score (nSPS) is 12.0. The molecule has 0 aliphatic heterocycles. The molecule has 0 unspecified atom stereocenters. The van der Waals surface area contributed by atoms with Crippen LogP contribution in [0.3, 0.4) is 0 Å². The van der Waals surface area contributed by atoms with Crippen LogP contribution in [0.4, 0.5) is 5.69 Å². The zero-order chi connectivity index (χ0) is 37.0. The molecule has 6 heteroatoms. The van der Waals surface area contributed by atoms with Gasteiger partial charge in [0, 0.05) is 38.6 Å². The van der Waals surface area contributed by atoms with Crippen molar-refractivity contribution in [2.45, 2.75) is 85.5 Å². The van der Waals surface area contributed by atoms with Crippen LogP contribution in [-0.4, -0.2) is 19.6 Å². The van der Waals surface area contributed by atoms with Crippen molar-refractivity contribution in [3.05, 3.63) is 131 Å². The molecular weight excluding hydrogens is 820 g/mol. The van der Waals surface area contributed by atoms with Gasteiger partial charge in [-0.2, -0.15) is 0 Å². The van der Waals surface area contributed by atoms with Gasteiger partial charge in [-0.25, -0.2) is 9.83 Å². The first-order valence-corrected chi connectivity index (χ1v) is 17.4. The SMILES string of the molecule is [C-]#[N+]c1ccc(-c2nc3c(-c4[c-]c(-c5cc(C(=C)C)ccn5)cc(C(C)(C)C)c4)cccc3n2-c2cc(C(C)(C)C)cc(C(C)(C)C)c2)c(O)c1.[Pt]. The second kappa shape index (κ2) is 14.0. The largest absolute Gasteiger partial charge is 0.509 e. The fourth-order valence-corrected chi connectivity index (χ4v) is 6.27. The molecule has 0 atom stereocenters. The number of benzene rings is 4. The van der Waals surface area contributed by atoms with Crippen LogP contribution >= 0.6 is 0 Å². The van der Waals surface area contributed by atoms with Crippen LogP contribution in [0, 0.1) is 12.6 Å². The Morgan fingerprint density at radius 2 is 1.38 bits per heavy atom. The van der Waals surface area contributed by atoms with Crippen molar-refractivity contribution >= 4 is 22.3 Å². The molecule has 0 saturated carbocycles. The number of imidazole rings is 1. The van der Waals surface area contributed by atoms with E-state index in [0.717, 1.165) is 55.8 Å². The third-order valence-corrected chi connectivity index (χ3v) is 9.50. The number of pyridine rings is 1. The fourth-order valence-electron chi connectivity index (χ4n) is 6.27. The third kappa shape index (κ3) is 7.55. The Bertz CT molecular complexity index is 2340. The third-order valence-electron chi connectivity index (χ3n) is 9.50. The van der Waals surface area contributed by atoms with E-state index in [-0.39, 0.29) is 43.1 Å². The molecule has 4 aromatic carbocycles. The number of para-hydroxylation sites is 1. The summed E-state index contributed by atoms with van der Waals surface area (Å²) in [4.78, 5) is 13.6. The van der Waals surface area contributed by atoms with Crippen LogP contribution in [0.5, 0.6) is 5.75 Å². The summed E-state index contributed by atoms with van der Waals surface area (Å²) in [7, 11) is 0. The van der Waals surface area contributed by atoms with Gasteiger partial charge in [-0.3, -0.25) is 9.55 Å². The van der Waals surface area contributed by atoms with Gasteiger partial charge in [0.1, 0.15) is 11.6 Å². The van der Waals surface area contributed by atoms with Gasteiger partial charge in [0.05, 0.1) is 23.2 Å². The van der Waals surface area contributed by atoms with E-state index in [2.05, 4.69) is 139 Å². The number of nitrogens with zero attached hydrogens (tertiary/aromatic N) is 4. The first-order valence-electron chi connectivity index (χ1n) is 17.4. The molecular formula is C46H47N4OPt-. The molecule has 5 nitrogen and oxygen atoms in total. The van der Waals surface area contributed by atoms with E-state index < -0.39 is 0 Å². The molecule has 2 aromatic heterocycles. The van der Waals surface area contributed by atoms with Gasteiger partial charge in [-0.15, -0.1) is 29.3 Å². The molecule has 0 bridgehead atoms. The molecule has 0 radical (unpaired) electrons. The van der Waals surface area contributed by atoms with E-state index in [1.165, 1.54) is 17.2 Å². The topological polar surface area (TPSA) is 55.3 Å². The van der Waals surface area contributed by atoms with Crippen molar-refractivity contribution in [2.75, 3.05) is 0 Å². The molecule has 1 N–H and O–H groups in total. The predicted octanol–water partition coefficient (Wildman–Crippen LogP) is 12.4. The Kier molecular flexibility index (Phi) is 10.3. The number of phenols is 1. The molecule has 0 aliphatic carbocycles. The summed E-state index contributed by atoms with van der Waals surface area (Å²) in [5.41, 5.74) is 12.4. The van der Waals surface area contributed by atoms with Crippen molar-refractivity contribution in [2.24, 2.45) is 0 Å². The number of phenolic OH excluding ortho intramolecular Hbond substituents is 1. The monoisotopic (exact) mass is 866 g/mol.